The molecule has 0 radical (unpaired) electrons. The summed E-state index contributed by atoms with van der Waals surface area (Å²) in [6, 6.07) is 5.14. The van der Waals surface area contributed by atoms with E-state index < -0.39 is 27.6 Å². The Bertz CT molecular complexity index is 609. The molecule has 1 unspecified atom stereocenters. The van der Waals surface area contributed by atoms with E-state index in [4.69, 9.17) is 11.0 Å². The third kappa shape index (κ3) is 1.99. The SMILES string of the molecule is N#Cc1c(F)cccc1S(=O)(=O)N1CCCC1N. The fourth-order valence-electron chi connectivity index (χ4n) is 2.02. The van der Waals surface area contributed by atoms with Crippen LogP contribution in [-0.4, -0.2) is 25.4 Å². The molecule has 1 aliphatic heterocycles. The Hall–Kier alpha value is -1.49. The number of nitrogens with zero attached hydrogens (tertiary/aromatic N) is 2. The molecule has 1 atom stereocenters. The Kier molecular flexibility index (Phi) is 3.34. The van der Waals surface area contributed by atoms with Crippen LogP contribution >= 0.6 is 0 Å². The highest BCUT2D eigenvalue weighted by Gasteiger charge is 2.35. The lowest BCUT2D eigenvalue weighted by Crippen LogP contribution is -2.41. The fourth-order valence-corrected chi connectivity index (χ4v) is 3.75. The average molecular weight is 269 g/mol. The third-order valence-corrected chi connectivity index (χ3v) is 4.89. The standard InChI is InChI=1S/C11H12FN3O2S/c12-9-3-1-4-10(8(9)7-13)18(16,17)15-6-2-5-11(15)14/h1,3-4,11H,2,5-6,14H2. The molecule has 0 bridgehead atoms. The van der Waals surface area contributed by atoms with Gasteiger partial charge in [-0.1, -0.05) is 6.07 Å². The van der Waals surface area contributed by atoms with Crippen molar-refractivity contribution in [1.82, 2.24) is 4.31 Å². The van der Waals surface area contributed by atoms with Gasteiger partial charge in [0, 0.05) is 6.54 Å². The lowest BCUT2D eigenvalue weighted by molar-refractivity contribution is 0.395. The van der Waals surface area contributed by atoms with Crippen LogP contribution in [0.2, 0.25) is 0 Å². The summed E-state index contributed by atoms with van der Waals surface area (Å²) >= 11 is 0. The van der Waals surface area contributed by atoms with E-state index in [1.807, 2.05) is 0 Å². The number of rotatable bonds is 2. The number of nitrogens with two attached hydrogens (primary N) is 1. The van der Waals surface area contributed by atoms with E-state index in [0.717, 1.165) is 10.4 Å². The van der Waals surface area contributed by atoms with Crippen molar-refractivity contribution >= 4 is 10.0 Å². The number of halogens is 1. The molecule has 1 fully saturated rings. The molecule has 1 saturated heterocycles. The molecule has 0 aliphatic carbocycles. The van der Waals surface area contributed by atoms with Gasteiger partial charge in [0.15, 0.2) is 0 Å². The molecule has 0 aromatic heterocycles. The van der Waals surface area contributed by atoms with Gasteiger partial charge in [0.1, 0.15) is 22.3 Å². The van der Waals surface area contributed by atoms with E-state index in [2.05, 4.69) is 0 Å². The third-order valence-electron chi connectivity index (χ3n) is 2.92. The summed E-state index contributed by atoms with van der Waals surface area (Å²) in [7, 11) is -3.91. The zero-order valence-corrected chi connectivity index (χ0v) is 10.3. The maximum absolute atomic E-state index is 13.4. The van der Waals surface area contributed by atoms with Crippen LogP contribution in [0.5, 0.6) is 0 Å². The van der Waals surface area contributed by atoms with E-state index in [-0.39, 0.29) is 4.90 Å². The largest absolute Gasteiger partial charge is 0.315 e. The van der Waals surface area contributed by atoms with Gasteiger partial charge < -0.3 is 5.73 Å². The minimum atomic E-state index is -3.91. The maximum Gasteiger partial charge on any atom is 0.245 e. The number of hydrogen-bond acceptors (Lipinski definition) is 4. The van der Waals surface area contributed by atoms with Crippen molar-refractivity contribution in [2.24, 2.45) is 5.73 Å². The molecular weight excluding hydrogens is 257 g/mol. The number of nitriles is 1. The van der Waals surface area contributed by atoms with Gasteiger partial charge >= 0.3 is 0 Å². The van der Waals surface area contributed by atoms with Crippen molar-refractivity contribution < 1.29 is 12.8 Å². The molecule has 1 aromatic rings. The first-order valence-corrected chi connectivity index (χ1v) is 6.88. The molecule has 18 heavy (non-hydrogen) atoms. The summed E-state index contributed by atoms with van der Waals surface area (Å²) in [5, 5.41) is 8.87. The molecule has 2 rings (SSSR count). The lowest BCUT2D eigenvalue weighted by Gasteiger charge is -2.21. The van der Waals surface area contributed by atoms with Crippen LogP contribution in [0.4, 0.5) is 4.39 Å². The first kappa shape index (κ1) is 13.0. The molecule has 1 aromatic carbocycles. The van der Waals surface area contributed by atoms with Gasteiger partial charge in [-0.2, -0.15) is 9.57 Å². The lowest BCUT2D eigenvalue weighted by atomic mass is 10.2. The summed E-state index contributed by atoms with van der Waals surface area (Å²) in [5.41, 5.74) is 5.24. The zero-order valence-electron chi connectivity index (χ0n) is 9.51. The van der Waals surface area contributed by atoms with Gasteiger partial charge in [0.2, 0.25) is 10.0 Å². The minimum absolute atomic E-state index is 0.297. The predicted octanol–water partition coefficient (Wildman–Crippen LogP) is 0.767. The second-order valence-corrected chi connectivity index (χ2v) is 5.91. The molecule has 0 spiro atoms. The molecule has 7 heteroatoms. The van der Waals surface area contributed by atoms with Crippen molar-refractivity contribution in [3.05, 3.63) is 29.6 Å². The summed E-state index contributed by atoms with van der Waals surface area (Å²) < 4.78 is 39.2. The van der Waals surface area contributed by atoms with Gasteiger partial charge in [-0.15, -0.1) is 0 Å². The fraction of sp³-hybridized carbons (Fsp3) is 0.364. The molecule has 0 saturated carbocycles. The zero-order chi connectivity index (χ0) is 13.3. The van der Waals surface area contributed by atoms with Crippen LogP contribution in [0.3, 0.4) is 0 Å². The first-order chi connectivity index (χ1) is 8.48. The van der Waals surface area contributed by atoms with Crippen molar-refractivity contribution in [3.8, 4) is 6.07 Å². The highest BCUT2D eigenvalue weighted by Crippen LogP contribution is 2.26. The van der Waals surface area contributed by atoms with E-state index >= 15 is 0 Å². The smallest absolute Gasteiger partial charge is 0.245 e. The van der Waals surface area contributed by atoms with Crippen LogP contribution in [0.15, 0.2) is 23.1 Å². The van der Waals surface area contributed by atoms with E-state index in [9.17, 15) is 12.8 Å². The van der Waals surface area contributed by atoms with Crippen LogP contribution in [0.1, 0.15) is 18.4 Å². The monoisotopic (exact) mass is 269 g/mol. The van der Waals surface area contributed by atoms with Crippen molar-refractivity contribution in [2.75, 3.05) is 6.54 Å². The summed E-state index contributed by atoms with van der Waals surface area (Å²) in [6.45, 7) is 0.297. The molecule has 1 aliphatic rings. The second kappa shape index (κ2) is 4.65. The second-order valence-electron chi connectivity index (χ2n) is 4.05. The number of sulfonamides is 1. The van der Waals surface area contributed by atoms with Crippen LogP contribution in [0.25, 0.3) is 0 Å². The van der Waals surface area contributed by atoms with Crippen molar-refractivity contribution in [3.63, 3.8) is 0 Å². The Labute approximate surface area is 105 Å². The highest BCUT2D eigenvalue weighted by molar-refractivity contribution is 7.89. The normalized spacial score (nSPS) is 20.8. The van der Waals surface area contributed by atoms with Gasteiger partial charge in [0.05, 0.1) is 6.17 Å². The van der Waals surface area contributed by atoms with Gasteiger partial charge in [-0.05, 0) is 25.0 Å². The van der Waals surface area contributed by atoms with Crippen molar-refractivity contribution in [2.45, 2.75) is 23.9 Å². The Morgan fingerprint density at radius 1 is 1.50 bits per heavy atom. The Balaban J connectivity index is 2.55. The van der Waals surface area contributed by atoms with Gasteiger partial charge in [-0.3, -0.25) is 0 Å². The van der Waals surface area contributed by atoms with Gasteiger partial charge in [0.25, 0.3) is 0 Å². The highest BCUT2D eigenvalue weighted by atomic mass is 32.2. The average Bonchev–Trinajstić information content (AvgIpc) is 2.75. The molecule has 0 amide bonds. The topological polar surface area (TPSA) is 87.2 Å². The van der Waals surface area contributed by atoms with Crippen LogP contribution < -0.4 is 5.73 Å². The molecule has 1 heterocycles. The van der Waals surface area contributed by atoms with Gasteiger partial charge in [-0.25, -0.2) is 12.8 Å². The van der Waals surface area contributed by atoms with E-state index in [1.54, 1.807) is 6.07 Å². The summed E-state index contributed by atoms with van der Waals surface area (Å²) in [4.78, 5) is -0.317. The predicted molar refractivity (Wildman–Crippen MR) is 62.2 cm³/mol. The molecule has 5 nitrogen and oxygen atoms in total. The maximum atomic E-state index is 13.4. The van der Waals surface area contributed by atoms with E-state index in [0.29, 0.717) is 19.4 Å². The minimum Gasteiger partial charge on any atom is -0.315 e. The van der Waals surface area contributed by atoms with Crippen molar-refractivity contribution in [1.29, 1.82) is 5.26 Å². The van der Waals surface area contributed by atoms with E-state index in [1.165, 1.54) is 12.1 Å². The quantitative estimate of drug-likeness (QED) is 0.859. The number of hydrogen-bond donors (Lipinski definition) is 1. The summed E-state index contributed by atoms with van der Waals surface area (Å²) in [6.07, 6.45) is 0.624. The first-order valence-electron chi connectivity index (χ1n) is 5.44. The Morgan fingerprint density at radius 2 is 2.22 bits per heavy atom. The molecule has 2 N–H and O–H groups in total. The summed E-state index contributed by atoms with van der Waals surface area (Å²) in [5.74, 6) is -0.841. The number of benzene rings is 1. The Morgan fingerprint density at radius 3 is 2.78 bits per heavy atom. The molecule has 96 valence electrons. The van der Waals surface area contributed by atoms with Crippen LogP contribution in [-0.2, 0) is 10.0 Å². The molecular formula is C11H12FN3O2S. The van der Waals surface area contributed by atoms with Crippen LogP contribution in [0, 0.1) is 17.1 Å².